The van der Waals surface area contributed by atoms with Crippen LogP contribution in [0.15, 0.2) is 82.9 Å². The lowest BCUT2D eigenvalue weighted by molar-refractivity contribution is 0.103. The third kappa shape index (κ3) is 5.34. The number of thiophene rings is 1. The molecule has 146 valence electrons. The minimum atomic E-state index is -0.149. The summed E-state index contributed by atoms with van der Waals surface area (Å²) in [6.45, 7) is 1.07. The molecule has 4 rings (SSSR count). The number of nitrogens with zero attached hydrogens (tertiary/aromatic N) is 2. The van der Waals surface area contributed by atoms with Gasteiger partial charge in [0.05, 0.1) is 23.3 Å². The standard InChI is InChI=1S/C22H18BrN3O2S/c23-18-8-6-16(7-9-18)12-26-13-19(11-24-26)25-22(27)21-10-17(15-29-21)14-28-20-4-2-1-3-5-20/h1-11,13,15H,12,14H2,(H,25,27). The van der Waals surface area contributed by atoms with Crippen LogP contribution >= 0.6 is 27.3 Å². The Labute approximate surface area is 181 Å². The molecular weight excluding hydrogens is 450 g/mol. The first-order valence-corrected chi connectivity index (χ1v) is 10.7. The number of anilines is 1. The Hall–Kier alpha value is -2.90. The highest BCUT2D eigenvalue weighted by Crippen LogP contribution is 2.19. The predicted octanol–water partition coefficient (Wildman–Crippen LogP) is 5.59. The number of hydrogen-bond donors (Lipinski definition) is 1. The van der Waals surface area contributed by atoms with Gasteiger partial charge in [0.15, 0.2) is 0 Å². The molecule has 0 unspecified atom stereocenters. The Balaban J connectivity index is 1.33. The van der Waals surface area contributed by atoms with E-state index in [0.717, 1.165) is 21.3 Å². The van der Waals surface area contributed by atoms with Crippen LogP contribution in [0.25, 0.3) is 0 Å². The van der Waals surface area contributed by atoms with Gasteiger partial charge in [-0.1, -0.05) is 46.3 Å². The summed E-state index contributed by atoms with van der Waals surface area (Å²) in [4.78, 5) is 13.2. The maximum atomic E-state index is 12.5. The third-order valence-electron chi connectivity index (χ3n) is 4.18. The Bertz CT molecular complexity index is 1090. The SMILES string of the molecule is O=C(Nc1cnn(Cc2ccc(Br)cc2)c1)c1cc(COc2ccccc2)cs1. The normalized spacial score (nSPS) is 10.7. The van der Waals surface area contributed by atoms with Crippen LogP contribution in [0.4, 0.5) is 5.69 Å². The molecule has 1 N–H and O–H groups in total. The second-order valence-corrected chi connectivity index (χ2v) is 8.26. The summed E-state index contributed by atoms with van der Waals surface area (Å²) in [5.74, 6) is 0.659. The van der Waals surface area contributed by atoms with Gasteiger partial charge in [0.2, 0.25) is 0 Å². The summed E-state index contributed by atoms with van der Waals surface area (Å²) in [5, 5.41) is 9.16. The van der Waals surface area contributed by atoms with E-state index in [2.05, 4.69) is 26.3 Å². The van der Waals surface area contributed by atoms with Crippen LogP contribution in [0.3, 0.4) is 0 Å². The molecule has 1 amide bonds. The van der Waals surface area contributed by atoms with Crippen molar-refractivity contribution < 1.29 is 9.53 Å². The van der Waals surface area contributed by atoms with Gasteiger partial charge in [-0.15, -0.1) is 11.3 Å². The fraction of sp³-hybridized carbons (Fsp3) is 0.0909. The molecule has 2 aromatic carbocycles. The van der Waals surface area contributed by atoms with Crippen molar-refractivity contribution >= 4 is 38.9 Å². The number of amides is 1. The molecule has 0 bridgehead atoms. The highest BCUT2D eigenvalue weighted by molar-refractivity contribution is 9.10. The second kappa shape index (κ2) is 9.07. The molecule has 29 heavy (non-hydrogen) atoms. The maximum Gasteiger partial charge on any atom is 0.265 e. The summed E-state index contributed by atoms with van der Waals surface area (Å²) in [7, 11) is 0. The van der Waals surface area contributed by atoms with Crippen LogP contribution in [0.5, 0.6) is 5.75 Å². The van der Waals surface area contributed by atoms with Gasteiger partial charge in [-0.05, 0) is 41.3 Å². The fourth-order valence-corrected chi connectivity index (χ4v) is 3.79. The highest BCUT2D eigenvalue weighted by Gasteiger charge is 2.11. The van der Waals surface area contributed by atoms with Crippen molar-refractivity contribution in [3.05, 3.63) is 98.9 Å². The van der Waals surface area contributed by atoms with Crippen molar-refractivity contribution in [3.63, 3.8) is 0 Å². The molecule has 0 saturated carbocycles. The molecule has 0 saturated heterocycles. The Morgan fingerprint density at radius 2 is 1.90 bits per heavy atom. The first-order chi connectivity index (χ1) is 14.2. The zero-order valence-corrected chi connectivity index (χ0v) is 17.8. The number of rotatable bonds is 7. The first-order valence-electron chi connectivity index (χ1n) is 8.99. The molecule has 0 radical (unpaired) electrons. The number of carbonyl (C=O) groups excluding carboxylic acids is 1. The van der Waals surface area contributed by atoms with Crippen molar-refractivity contribution in [1.29, 1.82) is 0 Å². The topological polar surface area (TPSA) is 56.2 Å². The van der Waals surface area contributed by atoms with Crippen LogP contribution in [-0.4, -0.2) is 15.7 Å². The molecule has 0 aliphatic carbocycles. The van der Waals surface area contributed by atoms with E-state index in [1.807, 2.05) is 72.2 Å². The molecule has 5 nitrogen and oxygen atoms in total. The number of carbonyl (C=O) groups is 1. The molecule has 0 fully saturated rings. The number of para-hydroxylation sites is 1. The summed E-state index contributed by atoms with van der Waals surface area (Å²) >= 11 is 4.83. The summed E-state index contributed by atoms with van der Waals surface area (Å²) in [5.41, 5.74) is 2.77. The molecule has 4 aromatic rings. The van der Waals surface area contributed by atoms with E-state index in [-0.39, 0.29) is 5.91 Å². The quantitative estimate of drug-likeness (QED) is 0.385. The van der Waals surface area contributed by atoms with Gasteiger partial charge >= 0.3 is 0 Å². The Kier molecular flexibility index (Phi) is 6.07. The van der Waals surface area contributed by atoms with Crippen molar-refractivity contribution in [2.75, 3.05) is 5.32 Å². The molecule has 0 atom stereocenters. The number of ether oxygens (including phenoxy) is 1. The third-order valence-corrected chi connectivity index (χ3v) is 5.68. The largest absolute Gasteiger partial charge is 0.489 e. The van der Waals surface area contributed by atoms with E-state index in [1.54, 1.807) is 10.9 Å². The lowest BCUT2D eigenvalue weighted by atomic mass is 10.2. The van der Waals surface area contributed by atoms with Gasteiger partial charge in [-0.2, -0.15) is 5.10 Å². The zero-order valence-electron chi connectivity index (χ0n) is 15.4. The van der Waals surface area contributed by atoms with E-state index in [9.17, 15) is 4.79 Å². The van der Waals surface area contributed by atoms with Gasteiger partial charge in [-0.25, -0.2) is 0 Å². The van der Waals surface area contributed by atoms with Crippen molar-refractivity contribution in [3.8, 4) is 5.75 Å². The molecule has 0 aliphatic heterocycles. The minimum Gasteiger partial charge on any atom is -0.489 e. The summed E-state index contributed by atoms with van der Waals surface area (Å²) in [6.07, 6.45) is 3.48. The smallest absolute Gasteiger partial charge is 0.265 e. The zero-order chi connectivity index (χ0) is 20.1. The lowest BCUT2D eigenvalue weighted by Gasteiger charge is -2.03. The number of benzene rings is 2. The maximum absolute atomic E-state index is 12.5. The average Bonchev–Trinajstić information content (AvgIpc) is 3.39. The minimum absolute atomic E-state index is 0.149. The van der Waals surface area contributed by atoms with Crippen LogP contribution in [-0.2, 0) is 13.2 Å². The van der Waals surface area contributed by atoms with Crippen LogP contribution in [0.1, 0.15) is 20.8 Å². The molecular formula is C22H18BrN3O2S. The molecule has 2 aromatic heterocycles. The molecule has 2 heterocycles. The van der Waals surface area contributed by atoms with Gasteiger partial charge < -0.3 is 10.1 Å². The van der Waals surface area contributed by atoms with Crippen molar-refractivity contribution in [2.24, 2.45) is 0 Å². The van der Waals surface area contributed by atoms with E-state index in [0.29, 0.717) is 23.7 Å². The van der Waals surface area contributed by atoms with Gasteiger partial charge in [0.1, 0.15) is 12.4 Å². The fourth-order valence-electron chi connectivity index (χ4n) is 2.74. The molecule has 7 heteroatoms. The second-order valence-electron chi connectivity index (χ2n) is 6.43. The lowest BCUT2D eigenvalue weighted by Crippen LogP contribution is -2.09. The monoisotopic (exact) mass is 467 g/mol. The summed E-state index contributed by atoms with van der Waals surface area (Å²) in [6, 6.07) is 19.5. The van der Waals surface area contributed by atoms with Crippen molar-refractivity contribution in [1.82, 2.24) is 9.78 Å². The predicted molar refractivity (Wildman–Crippen MR) is 119 cm³/mol. The van der Waals surface area contributed by atoms with Gasteiger partial charge in [-0.3, -0.25) is 9.48 Å². The van der Waals surface area contributed by atoms with E-state index < -0.39 is 0 Å². The number of aromatic nitrogens is 2. The average molecular weight is 468 g/mol. The van der Waals surface area contributed by atoms with E-state index >= 15 is 0 Å². The molecule has 0 spiro atoms. The molecule has 0 aliphatic rings. The Morgan fingerprint density at radius 1 is 1.10 bits per heavy atom. The Morgan fingerprint density at radius 3 is 2.69 bits per heavy atom. The number of halogens is 1. The van der Waals surface area contributed by atoms with E-state index in [1.165, 1.54) is 11.3 Å². The summed E-state index contributed by atoms with van der Waals surface area (Å²) < 4.78 is 8.57. The first kappa shape index (κ1) is 19.4. The van der Waals surface area contributed by atoms with Crippen LogP contribution in [0.2, 0.25) is 0 Å². The van der Waals surface area contributed by atoms with E-state index in [4.69, 9.17) is 4.74 Å². The van der Waals surface area contributed by atoms with Crippen LogP contribution < -0.4 is 10.1 Å². The number of hydrogen-bond acceptors (Lipinski definition) is 4. The van der Waals surface area contributed by atoms with Crippen molar-refractivity contribution in [2.45, 2.75) is 13.2 Å². The highest BCUT2D eigenvalue weighted by atomic mass is 79.9. The number of nitrogens with one attached hydrogen (secondary N) is 1. The van der Waals surface area contributed by atoms with Gasteiger partial charge in [0.25, 0.3) is 5.91 Å². The van der Waals surface area contributed by atoms with Gasteiger partial charge in [0, 0.05) is 16.2 Å². The van der Waals surface area contributed by atoms with Crippen LogP contribution in [0, 0.1) is 0 Å².